The van der Waals surface area contributed by atoms with Crippen molar-refractivity contribution in [1.82, 2.24) is 4.72 Å². The van der Waals surface area contributed by atoms with E-state index >= 15 is 0 Å². The van der Waals surface area contributed by atoms with Crippen LogP contribution in [0.25, 0.3) is 0 Å². The summed E-state index contributed by atoms with van der Waals surface area (Å²) in [6.07, 6.45) is 1.41. The van der Waals surface area contributed by atoms with E-state index in [1.54, 1.807) is 12.1 Å². The molecule has 18 heavy (non-hydrogen) atoms. The first-order valence-corrected chi connectivity index (χ1v) is 7.71. The highest BCUT2D eigenvalue weighted by Gasteiger charge is 2.22. The van der Waals surface area contributed by atoms with E-state index in [-0.39, 0.29) is 10.9 Å². The molecule has 6 heteroatoms. The predicted octanol–water partition coefficient (Wildman–Crippen LogP) is 2.11. The van der Waals surface area contributed by atoms with Gasteiger partial charge in [-0.05, 0) is 37.5 Å². The first kappa shape index (κ1) is 13.8. The molecule has 1 heterocycles. The molecule has 1 fully saturated rings. The Labute approximate surface area is 112 Å². The molecule has 0 saturated carbocycles. The summed E-state index contributed by atoms with van der Waals surface area (Å²) in [7, 11) is -3.49. The van der Waals surface area contributed by atoms with Crippen molar-refractivity contribution in [2.75, 3.05) is 13.2 Å². The van der Waals surface area contributed by atoms with Crippen LogP contribution in [0.15, 0.2) is 23.1 Å². The van der Waals surface area contributed by atoms with E-state index < -0.39 is 10.0 Å². The van der Waals surface area contributed by atoms with Gasteiger partial charge in [0, 0.05) is 24.3 Å². The Bertz CT molecular complexity index is 524. The zero-order valence-electron chi connectivity index (χ0n) is 10.1. The Morgan fingerprint density at radius 1 is 1.33 bits per heavy atom. The van der Waals surface area contributed by atoms with Crippen molar-refractivity contribution >= 4 is 21.6 Å². The van der Waals surface area contributed by atoms with Crippen molar-refractivity contribution in [3.63, 3.8) is 0 Å². The Morgan fingerprint density at radius 3 is 2.61 bits per heavy atom. The van der Waals surface area contributed by atoms with E-state index in [1.807, 2.05) is 6.92 Å². The fourth-order valence-corrected chi connectivity index (χ4v) is 3.42. The zero-order valence-corrected chi connectivity index (χ0v) is 11.7. The maximum Gasteiger partial charge on any atom is 0.240 e. The monoisotopic (exact) mass is 289 g/mol. The van der Waals surface area contributed by atoms with Gasteiger partial charge < -0.3 is 4.74 Å². The van der Waals surface area contributed by atoms with Gasteiger partial charge in [0.05, 0.1) is 4.90 Å². The first-order valence-electron chi connectivity index (χ1n) is 5.85. The number of rotatable bonds is 3. The summed E-state index contributed by atoms with van der Waals surface area (Å²) in [6, 6.07) is 4.71. The topological polar surface area (TPSA) is 55.4 Å². The van der Waals surface area contributed by atoms with Gasteiger partial charge in [-0.2, -0.15) is 0 Å². The van der Waals surface area contributed by atoms with E-state index in [0.717, 1.165) is 5.56 Å². The van der Waals surface area contributed by atoms with Crippen molar-refractivity contribution in [3.8, 4) is 0 Å². The van der Waals surface area contributed by atoms with Crippen LogP contribution in [-0.2, 0) is 14.8 Å². The number of ether oxygens (including phenoxy) is 1. The molecule has 0 unspecified atom stereocenters. The molecule has 1 saturated heterocycles. The van der Waals surface area contributed by atoms with Gasteiger partial charge in [0.25, 0.3) is 0 Å². The summed E-state index contributed by atoms with van der Waals surface area (Å²) in [4.78, 5) is 0.213. The number of nitrogens with one attached hydrogen (secondary N) is 1. The van der Waals surface area contributed by atoms with Gasteiger partial charge >= 0.3 is 0 Å². The van der Waals surface area contributed by atoms with Crippen LogP contribution in [-0.4, -0.2) is 27.7 Å². The van der Waals surface area contributed by atoms with Gasteiger partial charge in [-0.15, -0.1) is 0 Å². The zero-order chi connectivity index (χ0) is 13.2. The SMILES string of the molecule is Cc1ccc(S(=O)(=O)NC2CCOCC2)cc1Cl. The number of benzene rings is 1. The third-order valence-corrected chi connectivity index (χ3v) is 4.92. The molecule has 0 radical (unpaired) electrons. The summed E-state index contributed by atoms with van der Waals surface area (Å²) in [5.74, 6) is 0. The lowest BCUT2D eigenvalue weighted by Gasteiger charge is -2.23. The standard InChI is InChI=1S/C12H16ClNO3S/c1-9-2-3-11(8-12(9)13)18(15,16)14-10-4-6-17-7-5-10/h2-3,8,10,14H,4-7H2,1H3. The number of sulfonamides is 1. The molecule has 1 aromatic rings. The van der Waals surface area contributed by atoms with Gasteiger partial charge in [-0.1, -0.05) is 17.7 Å². The van der Waals surface area contributed by atoms with Gasteiger partial charge in [0.15, 0.2) is 0 Å². The Hall–Kier alpha value is -0.620. The van der Waals surface area contributed by atoms with Crippen molar-refractivity contribution < 1.29 is 13.2 Å². The summed E-state index contributed by atoms with van der Waals surface area (Å²) < 4.78 is 32.2. The highest BCUT2D eigenvalue weighted by molar-refractivity contribution is 7.89. The lowest BCUT2D eigenvalue weighted by molar-refractivity contribution is 0.0832. The van der Waals surface area contributed by atoms with Crippen LogP contribution in [0.2, 0.25) is 5.02 Å². The van der Waals surface area contributed by atoms with Gasteiger partial charge in [-0.25, -0.2) is 13.1 Å². The van der Waals surface area contributed by atoms with Crippen molar-refractivity contribution in [1.29, 1.82) is 0 Å². The molecule has 0 spiro atoms. The Balaban J connectivity index is 2.16. The first-order chi connectivity index (χ1) is 8.49. The maximum absolute atomic E-state index is 12.2. The molecule has 1 aliphatic rings. The third kappa shape index (κ3) is 3.23. The highest BCUT2D eigenvalue weighted by atomic mass is 35.5. The van der Waals surface area contributed by atoms with Gasteiger partial charge in [0.2, 0.25) is 10.0 Å². The summed E-state index contributed by atoms with van der Waals surface area (Å²) in [5, 5.41) is 0.463. The number of aryl methyl sites for hydroxylation is 1. The second kappa shape index (κ2) is 5.57. The molecule has 0 amide bonds. The smallest absolute Gasteiger partial charge is 0.240 e. The second-order valence-electron chi connectivity index (χ2n) is 4.42. The molecule has 4 nitrogen and oxygen atoms in total. The fourth-order valence-electron chi connectivity index (χ4n) is 1.84. The van der Waals surface area contributed by atoms with Gasteiger partial charge in [-0.3, -0.25) is 0 Å². The minimum absolute atomic E-state index is 0.0520. The molecular weight excluding hydrogens is 274 g/mol. The molecule has 0 atom stereocenters. The van der Waals surface area contributed by atoms with Gasteiger partial charge in [0.1, 0.15) is 0 Å². The molecular formula is C12H16ClNO3S. The fraction of sp³-hybridized carbons (Fsp3) is 0.500. The van der Waals surface area contributed by atoms with Crippen molar-refractivity contribution in [3.05, 3.63) is 28.8 Å². The lowest BCUT2D eigenvalue weighted by atomic mass is 10.1. The van der Waals surface area contributed by atoms with Crippen LogP contribution in [0.3, 0.4) is 0 Å². The van der Waals surface area contributed by atoms with E-state index in [0.29, 0.717) is 31.1 Å². The second-order valence-corrected chi connectivity index (χ2v) is 6.54. The minimum atomic E-state index is -3.49. The highest BCUT2D eigenvalue weighted by Crippen LogP contribution is 2.20. The molecule has 0 bridgehead atoms. The van der Waals surface area contributed by atoms with E-state index in [9.17, 15) is 8.42 Å². The quantitative estimate of drug-likeness (QED) is 0.927. The number of hydrogen-bond acceptors (Lipinski definition) is 3. The number of hydrogen-bond donors (Lipinski definition) is 1. The van der Waals surface area contributed by atoms with Crippen LogP contribution in [0.1, 0.15) is 18.4 Å². The molecule has 2 rings (SSSR count). The lowest BCUT2D eigenvalue weighted by Crippen LogP contribution is -2.38. The number of halogens is 1. The van der Waals surface area contributed by atoms with Crippen molar-refractivity contribution in [2.45, 2.75) is 30.7 Å². The molecule has 0 aliphatic carbocycles. The summed E-state index contributed by atoms with van der Waals surface area (Å²) in [5.41, 5.74) is 0.863. The molecule has 1 aliphatic heterocycles. The van der Waals surface area contributed by atoms with Crippen LogP contribution in [0.4, 0.5) is 0 Å². The van der Waals surface area contributed by atoms with Crippen LogP contribution >= 0.6 is 11.6 Å². The van der Waals surface area contributed by atoms with E-state index in [1.165, 1.54) is 6.07 Å². The summed E-state index contributed by atoms with van der Waals surface area (Å²) >= 11 is 5.95. The van der Waals surface area contributed by atoms with E-state index in [4.69, 9.17) is 16.3 Å². The molecule has 0 aromatic heterocycles. The van der Waals surface area contributed by atoms with Crippen LogP contribution < -0.4 is 4.72 Å². The average molecular weight is 290 g/mol. The molecule has 1 N–H and O–H groups in total. The van der Waals surface area contributed by atoms with Crippen LogP contribution in [0.5, 0.6) is 0 Å². The normalized spacial score (nSPS) is 17.9. The maximum atomic E-state index is 12.2. The predicted molar refractivity (Wildman–Crippen MR) is 70.4 cm³/mol. The van der Waals surface area contributed by atoms with Crippen LogP contribution in [0, 0.1) is 6.92 Å². The van der Waals surface area contributed by atoms with Crippen molar-refractivity contribution in [2.24, 2.45) is 0 Å². The Kier molecular flexibility index (Phi) is 4.27. The molecule has 100 valence electrons. The average Bonchev–Trinajstić information content (AvgIpc) is 2.33. The minimum Gasteiger partial charge on any atom is -0.381 e. The summed E-state index contributed by atoms with van der Waals surface area (Å²) in [6.45, 7) is 3.04. The largest absolute Gasteiger partial charge is 0.381 e. The van der Waals surface area contributed by atoms with E-state index in [2.05, 4.69) is 4.72 Å². The molecule has 1 aromatic carbocycles. The Morgan fingerprint density at radius 2 is 2.00 bits per heavy atom. The third-order valence-electron chi connectivity index (χ3n) is 3.00.